The molecule has 6 nitrogen and oxygen atoms in total. The Morgan fingerprint density at radius 1 is 1.12 bits per heavy atom. The molecule has 2 saturated heterocycles. The normalized spacial score (nSPS) is 22.9. The third-order valence-corrected chi connectivity index (χ3v) is 5.58. The van der Waals surface area contributed by atoms with Gasteiger partial charge in [-0.3, -0.25) is 14.7 Å². The predicted molar refractivity (Wildman–Crippen MR) is 103 cm³/mol. The zero-order valence-electron chi connectivity index (χ0n) is 15.4. The van der Waals surface area contributed by atoms with Gasteiger partial charge in [0.1, 0.15) is 0 Å². The number of hydrogen-bond acceptors (Lipinski definition) is 5. The number of rotatable bonds is 3. The van der Waals surface area contributed by atoms with Crippen LogP contribution in [0.4, 0.5) is 11.5 Å². The summed E-state index contributed by atoms with van der Waals surface area (Å²) < 4.78 is 0. The number of fused-ring (bicyclic) bond motifs is 2. The second kappa shape index (κ2) is 7.03. The van der Waals surface area contributed by atoms with Crippen LogP contribution in [0.2, 0.25) is 0 Å². The third-order valence-electron chi connectivity index (χ3n) is 5.58. The Morgan fingerprint density at radius 2 is 1.96 bits per heavy atom. The summed E-state index contributed by atoms with van der Waals surface area (Å²) in [5.74, 6) is 0.520. The van der Waals surface area contributed by atoms with Crippen molar-refractivity contribution in [2.24, 2.45) is 0 Å². The maximum absolute atomic E-state index is 11.8. The van der Waals surface area contributed by atoms with Crippen LogP contribution in [0.1, 0.15) is 26.2 Å². The van der Waals surface area contributed by atoms with Crippen molar-refractivity contribution >= 4 is 17.4 Å². The lowest BCUT2D eigenvalue weighted by Gasteiger charge is -2.29. The van der Waals surface area contributed by atoms with Gasteiger partial charge in [0.05, 0.1) is 17.1 Å². The molecular formula is C20H25N5O. The monoisotopic (exact) mass is 351 g/mol. The van der Waals surface area contributed by atoms with Crippen LogP contribution in [0.15, 0.2) is 36.5 Å². The Labute approximate surface area is 154 Å². The Kier molecular flexibility index (Phi) is 4.59. The van der Waals surface area contributed by atoms with Crippen molar-refractivity contribution < 1.29 is 4.79 Å². The molecule has 6 heteroatoms. The molecule has 2 fully saturated rings. The quantitative estimate of drug-likeness (QED) is 0.921. The molecule has 136 valence electrons. The van der Waals surface area contributed by atoms with Gasteiger partial charge in [-0.2, -0.15) is 0 Å². The van der Waals surface area contributed by atoms with Gasteiger partial charge in [0.25, 0.3) is 0 Å². The molecule has 2 aliphatic heterocycles. The van der Waals surface area contributed by atoms with Crippen LogP contribution in [-0.2, 0) is 4.79 Å². The largest absolute Gasteiger partial charge is 0.367 e. The second-order valence-corrected chi connectivity index (χ2v) is 7.25. The maximum atomic E-state index is 11.8. The van der Waals surface area contributed by atoms with Crippen molar-refractivity contribution in [1.29, 1.82) is 0 Å². The average Bonchev–Trinajstić information content (AvgIpc) is 2.88. The Bertz CT molecular complexity index is 794. The van der Waals surface area contributed by atoms with Crippen LogP contribution in [0.3, 0.4) is 0 Å². The van der Waals surface area contributed by atoms with Gasteiger partial charge in [0.2, 0.25) is 5.91 Å². The van der Waals surface area contributed by atoms with E-state index < -0.39 is 0 Å². The number of nitrogens with one attached hydrogen (secondary N) is 1. The van der Waals surface area contributed by atoms with Crippen LogP contribution in [0.25, 0.3) is 11.4 Å². The summed E-state index contributed by atoms with van der Waals surface area (Å²) in [6.45, 7) is 3.49. The smallest absolute Gasteiger partial charge is 0.222 e. The molecule has 0 saturated carbocycles. The molecule has 1 amide bonds. The number of aromatic nitrogens is 2. The summed E-state index contributed by atoms with van der Waals surface area (Å²) in [4.78, 5) is 25.7. The van der Waals surface area contributed by atoms with Crippen LogP contribution in [0, 0.1) is 0 Å². The van der Waals surface area contributed by atoms with E-state index in [4.69, 9.17) is 4.98 Å². The molecule has 26 heavy (non-hydrogen) atoms. The minimum Gasteiger partial charge on any atom is -0.367 e. The topological polar surface area (TPSA) is 61.4 Å². The lowest BCUT2D eigenvalue weighted by Crippen LogP contribution is -2.37. The standard InChI is InChI=1S/C20H25N5O/c1-14(26)22-20-19(9-8-18(23-20)17-5-3-4-11-21-17)25-12-10-15-6-7-16(13-25)24(15)2/h3-5,8-9,11,15-16H,6-7,10,12-13H2,1-2H3,(H,22,23,26). The number of carbonyl (C=O) groups is 1. The minimum atomic E-state index is -0.106. The Balaban J connectivity index is 1.67. The SMILES string of the molecule is CC(=O)Nc1nc(-c2ccccn2)ccc1N1CCC2CCC(C1)N2C. The van der Waals surface area contributed by atoms with Crippen molar-refractivity contribution in [2.75, 3.05) is 30.4 Å². The zero-order valence-corrected chi connectivity index (χ0v) is 15.4. The van der Waals surface area contributed by atoms with E-state index in [1.807, 2.05) is 24.3 Å². The fourth-order valence-electron chi connectivity index (χ4n) is 4.15. The molecule has 4 rings (SSSR count). The number of pyridine rings is 2. The van der Waals surface area contributed by atoms with E-state index in [1.54, 1.807) is 6.20 Å². The van der Waals surface area contributed by atoms with Crippen molar-refractivity contribution in [3.05, 3.63) is 36.5 Å². The fourth-order valence-corrected chi connectivity index (χ4v) is 4.15. The predicted octanol–water partition coefficient (Wildman–Crippen LogP) is 2.77. The molecule has 2 bridgehead atoms. The first kappa shape index (κ1) is 17.0. The number of anilines is 2. The van der Waals surface area contributed by atoms with Gasteiger partial charge in [-0.25, -0.2) is 4.98 Å². The molecule has 0 aliphatic carbocycles. The number of likely N-dealkylation sites (N-methyl/N-ethyl adjacent to an activating group) is 1. The summed E-state index contributed by atoms with van der Waals surface area (Å²) in [5, 5.41) is 2.92. The van der Waals surface area contributed by atoms with Gasteiger partial charge in [0.15, 0.2) is 5.82 Å². The maximum Gasteiger partial charge on any atom is 0.222 e. The fraction of sp³-hybridized carbons (Fsp3) is 0.450. The molecule has 0 spiro atoms. The van der Waals surface area contributed by atoms with Crippen LogP contribution in [-0.4, -0.2) is 53.0 Å². The Hall–Kier alpha value is -2.47. The van der Waals surface area contributed by atoms with Crippen molar-refractivity contribution in [3.63, 3.8) is 0 Å². The molecule has 0 radical (unpaired) electrons. The van der Waals surface area contributed by atoms with Gasteiger partial charge in [-0.1, -0.05) is 6.07 Å². The van der Waals surface area contributed by atoms with Crippen molar-refractivity contribution in [3.8, 4) is 11.4 Å². The number of amides is 1. The van der Waals surface area contributed by atoms with Gasteiger partial charge in [-0.05, 0) is 50.6 Å². The van der Waals surface area contributed by atoms with Gasteiger partial charge < -0.3 is 10.2 Å². The summed E-state index contributed by atoms with van der Waals surface area (Å²) in [7, 11) is 2.24. The molecule has 2 atom stereocenters. The highest BCUT2D eigenvalue weighted by Gasteiger charge is 2.35. The third kappa shape index (κ3) is 3.29. The van der Waals surface area contributed by atoms with Crippen LogP contribution < -0.4 is 10.2 Å². The lowest BCUT2D eigenvalue weighted by atomic mass is 10.1. The highest BCUT2D eigenvalue weighted by Crippen LogP contribution is 2.34. The summed E-state index contributed by atoms with van der Waals surface area (Å²) in [6, 6.07) is 11.1. The highest BCUT2D eigenvalue weighted by molar-refractivity contribution is 5.91. The zero-order chi connectivity index (χ0) is 18.1. The van der Waals surface area contributed by atoms with Gasteiger partial charge in [-0.15, -0.1) is 0 Å². The average molecular weight is 351 g/mol. The van der Waals surface area contributed by atoms with E-state index in [-0.39, 0.29) is 5.91 Å². The molecule has 1 N–H and O–H groups in total. The van der Waals surface area contributed by atoms with Gasteiger partial charge in [0, 0.05) is 38.3 Å². The minimum absolute atomic E-state index is 0.106. The second-order valence-electron chi connectivity index (χ2n) is 7.25. The lowest BCUT2D eigenvalue weighted by molar-refractivity contribution is -0.114. The summed E-state index contributed by atoms with van der Waals surface area (Å²) in [5.41, 5.74) is 2.58. The Morgan fingerprint density at radius 3 is 2.73 bits per heavy atom. The summed E-state index contributed by atoms with van der Waals surface area (Å²) in [6.07, 6.45) is 5.44. The molecule has 2 aliphatic rings. The number of hydrogen-bond donors (Lipinski definition) is 1. The first-order valence-electron chi connectivity index (χ1n) is 9.29. The molecule has 2 aromatic heterocycles. The molecular weight excluding hydrogens is 326 g/mol. The van der Waals surface area contributed by atoms with E-state index in [2.05, 4.69) is 33.2 Å². The molecule has 0 aromatic carbocycles. The summed E-state index contributed by atoms with van der Waals surface area (Å²) >= 11 is 0. The first-order chi connectivity index (χ1) is 12.6. The molecule has 2 unspecified atom stereocenters. The number of carbonyl (C=O) groups excluding carboxylic acids is 1. The van der Waals surface area contributed by atoms with Crippen molar-refractivity contribution in [2.45, 2.75) is 38.3 Å². The molecule has 2 aromatic rings. The van der Waals surface area contributed by atoms with Crippen LogP contribution >= 0.6 is 0 Å². The van der Waals surface area contributed by atoms with E-state index in [9.17, 15) is 4.79 Å². The number of nitrogens with zero attached hydrogens (tertiary/aromatic N) is 4. The van der Waals surface area contributed by atoms with E-state index in [1.165, 1.54) is 19.8 Å². The van der Waals surface area contributed by atoms with E-state index >= 15 is 0 Å². The van der Waals surface area contributed by atoms with E-state index in [0.717, 1.165) is 36.6 Å². The van der Waals surface area contributed by atoms with Crippen LogP contribution in [0.5, 0.6) is 0 Å². The van der Waals surface area contributed by atoms with E-state index in [0.29, 0.717) is 17.9 Å². The molecule has 4 heterocycles. The van der Waals surface area contributed by atoms with Crippen molar-refractivity contribution in [1.82, 2.24) is 14.9 Å². The highest BCUT2D eigenvalue weighted by atomic mass is 16.1. The first-order valence-corrected chi connectivity index (χ1v) is 9.29. The van der Waals surface area contributed by atoms with Gasteiger partial charge >= 0.3 is 0 Å².